The normalized spacial score (nSPS) is 14.6. The molecule has 1 nitrogen and oxygen atoms in total. The third-order valence-electron chi connectivity index (χ3n) is 4.46. The number of nitrogens with zero attached hydrogens (tertiary/aromatic N) is 1. The van der Waals surface area contributed by atoms with Crippen molar-refractivity contribution in [3.05, 3.63) is 78.0 Å². The van der Waals surface area contributed by atoms with Crippen molar-refractivity contribution >= 4 is 0 Å². The Morgan fingerprint density at radius 1 is 0.905 bits per heavy atom. The zero-order valence-electron chi connectivity index (χ0n) is 12.2. The van der Waals surface area contributed by atoms with Gasteiger partial charge < -0.3 is 4.98 Å². The Hall–Kier alpha value is -2.41. The van der Waals surface area contributed by atoms with Crippen LogP contribution < -0.4 is 0 Å². The molecule has 0 saturated heterocycles. The molecule has 0 aliphatic heterocycles. The van der Waals surface area contributed by atoms with Crippen molar-refractivity contribution < 1.29 is 0 Å². The molecule has 2 aromatic carbocycles. The van der Waals surface area contributed by atoms with E-state index in [9.17, 15) is 0 Å². The van der Waals surface area contributed by atoms with Gasteiger partial charge in [-0.1, -0.05) is 61.4 Å². The predicted molar refractivity (Wildman–Crippen MR) is 86.1 cm³/mol. The van der Waals surface area contributed by atoms with Gasteiger partial charge in [0, 0.05) is 6.20 Å². The number of hydrogen-bond donors (Lipinski definition) is 0. The highest BCUT2D eigenvalue weighted by Gasteiger charge is 2.31. The molecule has 102 valence electrons. The van der Waals surface area contributed by atoms with Gasteiger partial charge in [0.15, 0.2) is 0 Å². The molecule has 0 N–H and O–H groups in total. The smallest absolute Gasteiger partial charge is 0.0160 e. The van der Waals surface area contributed by atoms with Crippen molar-refractivity contribution in [3.63, 3.8) is 0 Å². The molecule has 0 unspecified atom stereocenters. The molecule has 0 atom stereocenters. The summed E-state index contributed by atoms with van der Waals surface area (Å²) < 4.78 is 0. The maximum absolute atomic E-state index is 4.44. The Bertz CT molecular complexity index is 816. The average molecular weight is 270 g/mol. The molecule has 3 aromatic rings. The third kappa shape index (κ3) is 1.74. The first-order valence-corrected chi connectivity index (χ1v) is 7.25. The van der Waals surface area contributed by atoms with Crippen molar-refractivity contribution in [1.29, 1.82) is 0 Å². The number of benzene rings is 2. The maximum Gasteiger partial charge on any atom is 0.0160 e. The first kappa shape index (κ1) is 12.3. The van der Waals surface area contributed by atoms with Crippen molar-refractivity contribution in [3.8, 4) is 22.4 Å². The van der Waals surface area contributed by atoms with Crippen molar-refractivity contribution in [1.82, 2.24) is 4.98 Å². The highest BCUT2D eigenvalue weighted by atomic mass is 14.7. The second kappa shape index (κ2) is 4.29. The van der Waals surface area contributed by atoms with E-state index in [0.717, 1.165) is 11.3 Å². The molecule has 0 radical (unpaired) electrons. The summed E-state index contributed by atoms with van der Waals surface area (Å²) >= 11 is 0. The van der Waals surface area contributed by atoms with E-state index in [-0.39, 0.29) is 5.41 Å². The van der Waals surface area contributed by atoms with E-state index in [1.165, 1.54) is 22.3 Å². The molecular formula is C20H16N-. The fraction of sp³-hybridized carbons (Fsp3) is 0.150. The Morgan fingerprint density at radius 2 is 1.71 bits per heavy atom. The van der Waals surface area contributed by atoms with E-state index >= 15 is 0 Å². The Morgan fingerprint density at radius 3 is 2.52 bits per heavy atom. The van der Waals surface area contributed by atoms with Crippen LogP contribution in [0.3, 0.4) is 0 Å². The average Bonchev–Trinajstić information content (AvgIpc) is 2.77. The van der Waals surface area contributed by atoms with Gasteiger partial charge in [-0.05, 0) is 22.7 Å². The minimum absolute atomic E-state index is 0.0323. The summed E-state index contributed by atoms with van der Waals surface area (Å²) in [5.41, 5.74) is 7.47. The lowest BCUT2D eigenvalue weighted by molar-refractivity contribution is 0.660. The van der Waals surface area contributed by atoms with Crippen LogP contribution in [0.2, 0.25) is 0 Å². The molecule has 21 heavy (non-hydrogen) atoms. The van der Waals surface area contributed by atoms with Crippen molar-refractivity contribution in [2.24, 2.45) is 0 Å². The molecule has 0 amide bonds. The Balaban J connectivity index is 1.94. The lowest BCUT2D eigenvalue weighted by Gasteiger charge is -2.25. The number of hydrogen-bond acceptors (Lipinski definition) is 1. The van der Waals surface area contributed by atoms with E-state index in [2.05, 4.69) is 61.3 Å². The summed E-state index contributed by atoms with van der Waals surface area (Å²) in [6.45, 7) is 4.58. The predicted octanol–water partition coefficient (Wildman–Crippen LogP) is 4.86. The standard InChI is InChI=1S/C20H16N/c1-20(2)17-8-4-3-7-15(17)16-11-10-14(13-18(16)20)19-9-5-6-12-21-19/h3-9,11-13H,1-2H3/q-1. The van der Waals surface area contributed by atoms with Gasteiger partial charge in [0.2, 0.25) is 0 Å². The maximum atomic E-state index is 4.44. The lowest BCUT2D eigenvalue weighted by atomic mass is 9.82. The molecule has 0 fully saturated rings. The van der Waals surface area contributed by atoms with Gasteiger partial charge in [0.05, 0.1) is 0 Å². The van der Waals surface area contributed by atoms with Gasteiger partial charge in [0.1, 0.15) is 0 Å². The summed E-state index contributed by atoms with van der Waals surface area (Å²) in [7, 11) is 0. The summed E-state index contributed by atoms with van der Waals surface area (Å²) in [5.74, 6) is 0. The monoisotopic (exact) mass is 270 g/mol. The number of rotatable bonds is 1. The zero-order chi connectivity index (χ0) is 14.4. The molecule has 1 heterocycles. The second-order valence-corrected chi connectivity index (χ2v) is 6.06. The van der Waals surface area contributed by atoms with E-state index in [1.54, 1.807) is 0 Å². The first-order chi connectivity index (χ1) is 10.2. The SMILES string of the molecule is CC1(C)c2ccccc2-c2c[c-]c(-c3ccccn3)cc21. The van der Waals surface area contributed by atoms with Crippen LogP contribution >= 0.6 is 0 Å². The molecule has 0 saturated carbocycles. The van der Waals surface area contributed by atoms with Gasteiger partial charge in [-0.25, -0.2) is 0 Å². The van der Waals surface area contributed by atoms with Crippen LogP contribution in [0.5, 0.6) is 0 Å². The van der Waals surface area contributed by atoms with Crippen molar-refractivity contribution in [2.75, 3.05) is 0 Å². The van der Waals surface area contributed by atoms with E-state index in [4.69, 9.17) is 0 Å². The third-order valence-corrected chi connectivity index (χ3v) is 4.46. The highest BCUT2D eigenvalue weighted by molar-refractivity contribution is 5.82. The first-order valence-electron chi connectivity index (χ1n) is 7.25. The largest absolute Gasteiger partial charge is 0.305 e. The Kier molecular flexibility index (Phi) is 2.52. The molecule has 1 aromatic heterocycles. The quantitative estimate of drug-likeness (QED) is 0.576. The van der Waals surface area contributed by atoms with Crippen LogP contribution in [0.4, 0.5) is 0 Å². The summed E-state index contributed by atoms with van der Waals surface area (Å²) in [5, 5.41) is 0. The van der Waals surface area contributed by atoms with Crippen LogP contribution in [0.1, 0.15) is 25.0 Å². The van der Waals surface area contributed by atoms with Crippen LogP contribution in [0.15, 0.2) is 60.8 Å². The lowest BCUT2D eigenvalue weighted by Crippen LogP contribution is -2.14. The van der Waals surface area contributed by atoms with Crippen LogP contribution in [-0.2, 0) is 5.41 Å². The second-order valence-electron chi connectivity index (χ2n) is 6.06. The van der Waals surface area contributed by atoms with Gasteiger partial charge in [-0.15, -0.1) is 29.3 Å². The minimum Gasteiger partial charge on any atom is -0.305 e. The van der Waals surface area contributed by atoms with Gasteiger partial charge in [0.25, 0.3) is 0 Å². The van der Waals surface area contributed by atoms with Crippen LogP contribution in [0, 0.1) is 6.07 Å². The number of fused-ring (bicyclic) bond motifs is 3. The highest BCUT2D eigenvalue weighted by Crippen LogP contribution is 2.49. The van der Waals surface area contributed by atoms with E-state index in [0.29, 0.717) is 0 Å². The molecule has 1 aliphatic rings. The number of aromatic nitrogens is 1. The van der Waals surface area contributed by atoms with Crippen molar-refractivity contribution in [2.45, 2.75) is 19.3 Å². The fourth-order valence-electron chi connectivity index (χ4n) is 3.31. The van der Waals surface area contributed by atoms with E-state index in [1.807, 2.05) is 24.4 Å². The minimum atomic E-state index is 0.0323. The summed E-state index contributed by atoms with van der Waals surface area (Å²) in [4.78, 5) is 4.44. The summed E-state index contributed by atoms with van der Waals surface area (Å²) in [6, 6.07) is 22.4. The molecule has 1 aliphatic carbocycles. The summed E-state index contributed by atoms with van der Waals surface area (Å²) in [6.07, 6.45) is 1.83. The van der Waals surface area contributed by atoms with Gasteiger partial charge >= 0.3 is 0 Å². The molecular weight excluding hydrogens is 254 g/mol. The zero-order valence-corrected chi connectivity index (χ0v) is 12.2. The fourth-order valence-corrected chi connectivity index (χ4v) is 3.31. The van der Waals surface area contributed by atoms with Gasteiger partial charge in [-0.2, -0.15) is 0 Å². The molecule has 0 bridgehead atoms. The van der Waals surface area contributed by atoms with Crippen LogP contribution in [-0.4, -0.2) is 4.98 Å². The molecule has 1 heteroatoms. The van der Waals surface area contributed by atoms with E-state index < -0.39 is 0 Å². The topological polar surface area (TPSA) is 12.9 Å². The number of pyridine rings is 1. The van der Waals surface area contributed by atoms with Crippen LogP contribution in [0.25, 0.3) is 22.4 Å². The molecule has 4 rings (SSSR count). The molecule has 0 spiro atoms. The van der Waals surface area contributed by atoms with Gasteiger partial charge in [-0.3, -0.25) is 0 Å². The Labute approximate surface area is 125 Å².